The topological polar surface area (TPSA) is 52.3 Å². The normalized spacial score (nSPS) is 10.7. The van der Waals surface area contributed by atoms with Crippen LogP contribution in [0, 0.1) is 3.57 Å². The first-order valence-corrected chi connectivity index (χ1v) is 8.80. The molecule has 3 nitrogen and oxygen atoms in total. The van der Waals surface area contributed by atoms with Crippen molar-refractivity contribution in [3.63, 3.8) is 0 Å². The molecule has 0 aliphatic carbocycles. The number of rotatable bonds is 4. The fraction of sp³-hybridized carbons (Fsp3) is 0.267. The molecule has 0 aliphatic rings. The molecule has 0 unspecified atom stereocenters. The average molecular weight is 436 g/mol. The molecule has 0 amide bonds. The molecule has 21 heavy (non-hydrogen) atoms. The number of ether oxygens (including phenoxy) is 1. The fourth-order valence-electron chi connectivity index (χ4n) is 2.07. The van der Waals surface area contributed by atoms with Gasteiger partial charge in [0, 0.05) is 19.0 Å². The lowest BCUT2D eigenvalue weighted by atomic mass is 10.1. The molecule has 0 radical (unpaired) electrons. The molecule has 0 fully saturated rings. The molecule has 0 saturated carbocycles. The highest BCUT2D eigenvalue weighted by Gasteiger charge is 2.22. The summed E-state index contributed by atoms with van der Waals surface area (Å²) < 4.78 is 6.15. The number of halogens is 2. The monoisotopic (exact) mass is 435 g/mol. The summed E-state index contributed by atoms with van der Waals surface area (Å²) in [4.78, 5) is 13.5. The van der Waals surface area contributed by atoms with E-state index < -0.39 is 0 Å². The standard InChI is InChI=1S/C15H15ClINO2S/c1-3-9-12(18)14(15(19)20-4-2)21-13(9)10-7-8(16)5-6-11(10)17/h5-7H,3-4,18H2,1-2H3. The quantitative estimate of drug-likeness (QED) is 0.543. The average Bonchev–Trinajstić information content (AvgIpc) is 2.78. The maximum Gasteiger partial charge on any atom is 0.350 e. The Balaban J connectivity index is 2.61. The Morgan fingerprint density at radius 3 is 2.76 bits per heavy atom. The molecule has 1 aromatic heterocycles. The molecular formula is C15H15ClINO2S. The van der Waals surface area contributed by atoms with E-state index in [1.165, 1.54) is 11.3 Å². The van der Waals surface area contributed by atoms with E-state index in [9.17, 15) is 4.79 Å². The van der Waals surface area contributed by atoms with Crippen LogP contribution in [0.3, 0.4) is 0 Å². The van der Waals surface area contributed by atoms with Crippen molar-refractivity contribution < 1.29 is 9.53 Å². The Kier molecular flexibility index (Phi) is 5.51. The molecule has 6 heteroatoms. The molecule has 1 heterocycles. The Bertz CT molecular complexity index is 685. The minimum absolute atomic E-state index is 0.335. The van der Waals surface area contributed by atoms with Crippen LogP contribution in [0.1, 0.15) is 29.1 Å². The Labute approximate surface area is 146 Å². The second kappa shape index (κ2) is 6.98. The number of hydrogen-bond acceptors (Lipinski definition) is 4. The van der Waals surface area contributed by atoms with E-state index >= 15 is 0 Å². The Morgan fingerprint density at radius 2 is 2.14 bits per heavy atom. The highest BCUT2D eigenvalue weighted by atomic mass is 127. The molecule has 0 aliphatic heterocycles. The number of anilines is 1. The molecule has 2 rings (SSSR count). The molecule has 2 aromatic rings. The summed E-state index contributed by atoms with van der Waals surface area (Å²) in [6.45, 7) is 4.14. The van der Waals surface area contributed by atoms with Crippen LogP contribution in [-0.4, -0.2) is 12.6 Å². The van der Waals surface area contributed by atoms with Crippen LogP contribution < -0.4 is 5.73 Å². The van der Waals surface area contributed by atoms with E-state index in [1.807, 2.05) is 25.1 Å². The molecule has 1 aromatic carbocycles. The summed E-state index contributed by atoms with van der Waals surface area (Å²) in [6.07, 6.45) is 0.750. The van der Waals surface area contributed by atoms with Gasteiger partial charge in [-0.2, -0.15) is 0 Å². The number of carbonyl (C=O) groups excluding carboxylic acids is 1. The Hall–Kier alpha value is -0.790. The van der Waals surface area contributed by atoms with Gasteiger partial charge >= 0.3 is 5.97 Å². The first kappa shape index (κ1) is 16.6. The van der Waals surface area contributed by atoms with E-state index in [2.05, 4.69) is 22.6 Å². The van der Waals surface area contributed by atoms with E-state index in [1.54, 1.807) is 6.92 Å². The van der Waals surface area contributed by atoms with Gasteiger partial charge < -0.3 is 10.5 Å². The molecule has 0 bridgehead atoms. The first-order chi connectivity index (χ1) is 9.99. The van der Waals surface area contributed by atoms with Gasteiger partial charge in [0.05, 0.1) is 12.3 Å². The minimum atomic E-state index is -0.363. The van der Waals surface area contributed by atoms with Crippen LogP contribution in [0.5, 0.6) is 0 Å². The van der Waals surface area contributed by atoms with Gasteiger partial charge in [0.2, 0.25) is 0 Å². The number of nitrogens with two attached hydrogens (primary N) is 1. The zero-order chi connectivity index (χ0) is 15.6. The zero-order valence-corrected chi connectivity index (χ0v) is 15.4. The number of thiophene rings is 1. The SMILES string of the molecule is CCOC(=O)c1sc(-c2cc(Cl)ccc2I)c(CC)c1N. The zero-order valence-electron chi connectivity index (χ0n) is 11.7. The van der Waals surface area contributed by atoms with Crippen molar-refractivity contribution in [3.8, 4) is 10.4 Å². The summed E-state index contributed by atoms with van der Waals surface area (Å²) in [5.74, 6) is -0.363. The smallest absolute Gasteiger partial charge is 0.350 e. The third-order valence-electron chi connectivity index (χ3n) is 3.04. The molecule has 2 N–H and O–H groups in total. The second-order valence-electron chi connectivity index (χ2n) is 4.35. The van der Waals surface area contributed by atoms with Crippen LogP contribution in [0.4, 0.5) is 5.69 Å². The summed E-state index contributed by atoms with van der Waals surface area (Å²) in [7, 11) is 0. The minimum Gasteiger partial charge on any atom is -0.462 e. The predicted octanol–water partition coefficient (Wildman–Crippen LogP) is 4.99. The number of nitrogen functional groups attached to an aromatic ring is 1. The van der Waals surface area contributed by atoms with Crippen molar-refractivity contribution in [2.75, 3.05) is 12.3 Å². The van der Waals surface area contributed by atoms with Gasteiger partial charge in [0.1, 0.15) is 4.88 Å². The Morgan fingerprint density at radius 1 is 1.43 bits per heavy atom. The predicted molar refractivity (Wildman–Crippen MR) is 97.2 cm³/mol. The first-order valence-electron chi connectivity index (χ1n) is 6.53. The lowest BCUT2D eigenvalue weighted by Crippen LogP contribution is -2.05. The third-order valence-corrected chi connectivity index (χ3v) is 5.47. The van der Waals surface area contributed by atoms with Gasteiger partial charge in [-0.3, -0.25) is 0 Å². The molecule has 112 valence electrons. The van der Waals surface area contributed by atoms with E-state index in [4.69, 9.17) is 22.1 Å². The molecule has 0 spiro atoms. The van der Waals surface area contributed by atoms with Crippen LogP contribution in [0.2, 0.25) is 5.02 Å². The highest BCUT2D eigenvalue weighted by Crippen LogP contribution is 2.41. The third kappa shape index (κ3) is 3.35. The van der Waals surface area contributed by atoms with Gasteiger partial charge in [-0.25, -0.2) is 4.79 Å². The van der Waals surface area contributed by atoms with Crippen LogP contribution in [0.25, 0.3) is 10.4 Å². The van der Waals surface area contributed by atoms with Gasteiger partial charge in [-0.05, 0) is 59.7 Å². The van der Waals surface area contributed by atoms with E-state index in [0.717, 1.165) is 26.0 Å². The lowest BCUT2D eigenvalue weighted by molar-refractivity contribution is 0.0533. The van der Waals surface area contributed by atoms with Crippen molar-refractivity contribution in [3.05, 3.63) is 37.2 Å². The summed E-state index contributed by atoms with van der Waals surface area (Å²) in [6, 6.07) is 5.71. The van der Waals surface area contributed by atoms with Crippen molar-refractivity contribution in [2.45, 2.75) is 20.3 Å². The van der Waals surface area contributed by atoms with Gasteiger partial charge in [-0.1, -0.05) is 18.5 Å². The van der Waals surface area contributed by atoms with Gasteiger partial charge in [-0.15, -0.1) is 11.3 Å². The van der Waals surface area contributed by atoms with Crippen LogP contribution >= 0.6 is 45.5 Å². The summed E-state index contributed by atoms with van der Waals surface area (Å²) >= 11 is 9.73. The lowest BCUT2D eigenvalue weighted by Gasteiger charge is -2.06. The maximum absolute atomic E-state index is 12.0. The summed E-state index contributed by atoms with van der Waals surface area (Å²) in [5, 5.41) is 0.664. The highest BCUT2D eigenvalue weighted by molar-refractivity contribution is 14.1. The van der Waals surface area contributed by atoms with Crippen LogP contribution in [-0.2, 0) is 11.2 Å². The molecule has 0 saturated heterocycles. The van der Waals surface area contributed by atoms with Gasteiger partial charge in [0.25, 0.3) is 0 Å². The number of carbonyl (C=O) groups is 1. The van der Waals surface area contributed by atoms with Crippen molar-refractivity contribution in [2.24, 2.45) is 0 Å². The largest absolute Gasteiger partial charge is 0.462 e. The van der Waals surface area contributed by atoms with E-state index in [0.29, 0.717) is 22.2 Å². The van der Waals surface area contributed by atoms with Crippen molar-refractivity contribution >= 4 is 57.2 Å². The maximum atomic E-state index is 12.0. The van der Waals surface area contributed by atoms with Crippen LogP contribution in [0.15, 0.2) is 18.2 Å². The number of benzene rings is 1. The molecular weight excluding hydrogens is 421 g/mol. The number of esters is 1. The van der Waals surface area contributed by atoms with E-state index in [-0.39, 0.29) is 5.97 Å². The van der Waals surface area contributed by atoms with Crippen molar-refractivity contribution in [1.82, 2.24) is 0 Å². The second-order valence-corrected chi connectivity index (χ2v) is 6.97. The number of hydrogen-bond donors (Lipinski definition) is 1. The fourth-order valence-corrected chi connectivity index (χ4v) is 4.26. The van der Waals surface area contributed by atoms with Crippen molar-refractivity contribution in [1.29, 1.82) is 0 Å². The van der Waals surface area contributed by atoms with Gasteiger partial charge in [0.15, 0.2) is 0 Å². The summed E-state index contributed by atoms with van der Waals surface area (Å²) in [5.41, 5.74) is 8.65. The molecule has 0 atom stereocenters.